The van der Waals surface area contributed by atoms with Crippen LogP contribution in [0.4, 0.5) is 5.69 Å². The molecule has 30 heavy (non-hydrogen) atoms. The summed E-state index contributed by atoms with van der Waals surface area (Å²) in [6.07, 6.45) is 7.86. The number of anilines is 1. The van der Waals surface area contributed by atoms with Gasteiger partial charge in [-0.25, -0.2) is 0 Å². The summed E-state index contributed by atoms with van der Waals surface area (Å²) in [7, 11) is 0. The minimum atomic E-state index is -0.152. The maximum atomic E-state index is 12.1. The number of H-pyrrole nitrogens is 1. The fourth-order valence-electron chi connectivity index (χ4n) is 2.97. The molecule has 0 saturated carbocycles. The molecule has 1 aromatic heterocycles. The van der Waals surface area contributed by atoms with Crippen LogP contribution in [0.5, 0.6) is 0 Å². The molecule has 0 aliphatic carbocycles. The highest BCUT2D eigenvalue weighted by molar-refractivity contribution is 6.08. The van der Waals surface area contributed by atoms with Crippen LogP contribution in [0.3, 0.4) is 0 Å². The largest absolute Gasteiger partial charge is 0.381 e. The second-order valence-electron chi connectivity index (χ2n) is 7.37. The van der Waals surface area contributed by atoms with Gasteiger partial charge in [0.05, 0.1) is 11.6 Å². The summed E-state index contributed by atoms with van der Waals surface area (Å²) in [6, 6.07) is 11.6. The summed E-state index contributed by atoms with van der Waals surface area (Å²) in [5.74, 6) is 0.375. The van der Waals surface area contributed by atoms with Crippen molar-refractivity contribution >= 4 is 17.5 Å². The number of pyridine rings is 1. The first-order valence-corrected chi connectivity index (χ1v) is 10.5. The highest BCUT2D eigenvalue weighted by Crippen LogP contribution is 2.17. The lowest BCUT2D eigenvalue weighted by atomic mass is 10.0. The minimum Gasteiger partial charge on any atom is -0.381 e. The van der Waals surface area contributed by atoms with Crippen LogP contribution in [-0.2, 0) is 6.42 Å². The lowest BCUT2D eigenvalue weighted by Gasteiger charge is -2.10. The van der Waals surface area contributed by atoms with E-state index in [0.29, 0.717) is 23.7 Å². The van der Waals surface area contributed by atoms with Crippen molar-refractivity contribution in [3.63, 3.8) is 0 Å². The van der Waals surface area contributed by atoms with E-state index in [1.807, 2.05) is 30.3 Å². The Morgan fingerprint density at radius 2 is 2.03 bits per heavy atom. The summed E-state index contributed by atoms with van der Waals surface area (Å²) < 4.78 is 0. The summed E-state index contributed by atoms with van der Waals surface area (Å²) >= 11 is 0. The van der Waals surface area contributed by atoms with Crippen LogP contribution in [0, 0.1) is 22.7 Å². The van der Waals surface area contributed by atoms with Crippen LogP contribution in [0.1, 0.15) is 43.4 Å². The van der Waals surface area contributed by atoms with Crippen molar-refractivity contribution in [3.8, 4) is 6.07 Å². The van der Waals surface area contributed by atoms with Gasteiger partial charge in [0.1, 0.15) is 5.69 Å². The van der Waals surface area contributed by atoms with Crippen molar-refractivity contribution in [2.75, 3.05) is 25.0 Å². The molecule has 2 aromatic rings. The average molecular weight is 406 g/mol. The molecule has 1 aromatic carbocycles. The molecular weight excluding hydrogens is 374 g/mol. The molecule has 0 spiro atoms. The molecule has 6 nitrogen and oxygen atoms in total. The van der Waals surface area contributed by atoms with Gasteiger partial charge in [-0.15, -0.1) is 0 Å². The van der Waals surface area contributed by atoms with Gasteiger partial charge in [-0.3, -0.25) is 4.79 Å². The monoisotopic (exact) mass is 405 g/mol. The van der Waals surface area contributed by atoms with Gasteiger partial charge in [-0.2, -0.15) is 5.26 Å². The van der Waals surface area contributed by atoms with Gasteiger partial charge in [0.25, 0.3) is 5.56 Å². The van der Waals surface area contributed by atoms with Crippen molar-refractivity contribution < 1.29 is 0 Å². The molecule has 0 aliphatic rings. The quantitative estimate of drug-likeness (QED) is 0.317. The minimum absolute atomic E-state index is 0.152. The number of hydrogen-bond donors (Lipinski definition) is 4. The molecule has 6 heteroatoms. The van der Waals surface area contributed by atoms with Crippen molar-refractivity contribution in [3.05, 3.63) is 69.6 Å². The van der Waals surface area contributed by atoms with E-state index in [2.05, 4.69) is 41.6 Å². The number of nitrogens with one attached hydrogen (secondary N) is 4. The Morgan fingerprint density at radius 1 is 1.27 bits per heavy atom. The van der Waals surface area contributed by atoms with Crippen LogP contribution in [0.2, 0.25) is 0 Å². The lowest BCUT2D eigenvalue weighted by Crippen LogP contribution is -2.22. The molecular formula is C24H31N5O. The Labute approximate surface area is 178 Å². The molecule has 0 aliphatic heterocycles. The number of nitriles is 1. The third kappa shape index (κ3) is 7.34. The summed E-state index contributed by atoms with van der Waals surface area (Å²) in [5, 5.41) is 23.1. The first-order chi connectivity index (χ1) is 14.6. The highest BCUT2D eigenvalue weighted by Gasteiger charge is 2.06. The fraction of sp³-hybridized carbons (Fsp3) is 0.375. The molecule has 0 fully saturated rings. The second-order valence-corrected chi connectivity index (χ2v) is 7.37. The van der Waals surface area contributed by atoms with E-state index in [-0.39, 0.29) is 5.56 Å². The molecule has 0 amide bonds. The number of nitrogens with zero attached hydrogens (tertiary/aromatic N) is 1. The van der Waals surface area contributed by atoms with Gasteiger partial charge >= 0.3 is 0 Å². The topological polar surface area (TPSA) is 105 Å². The zero-order valence-corrected chi connectivity index (χ0v) is 17.8. The Hall–Kier alpha value is -3.17. The first kappa shape index (κ1) is 23.1. The van der Waals surface area contributed by atoms with E-state index in [9.17, 15) is 4.79 Å². The van der Waals surface area contributed by atoms with Crippen molar-refractivity contribution in [2.24, 2.45) is 5.92 Å². The number of aromatic amines is 1. The standard InChI is InChI=1S/C24H31N5O/c1-3-18(2)13-21(16-26)22-14-23(24(30)29-17-22)28-11-4-10-27-12-9-19-5-7-20(15-25)8-6-19/h5-8,13-14,16-18,26-28H,3-4,9-12H2,1-2H3,(H,29,30)/b21-13+,26-16?/t18-/m1/s1. The molecule has 1 heterocycles. The van der Waals surface area contributed by atoms with E-state index in [4.69, 9.17) is 10.7 Å². The summed E-state index contributed by atoms with van der Waals surface area (Å²) in [6.45, 7) is 6.63. The van der Waals surface area contributed by atoms with Gasteiger partial charge in [-0.1, -0.05) is 38.5 Å². The van der Waals surface area contributed by atoms with Gasteiger partial charge in [0.15, 0.2) is 0 Å². The number of benzene rings is 1. The van der Waals surface area contributed by atoms with Crippen LogP contribution in [-0.4, -0.2) is 30.8 Å². The number of hydrogen-bond acceptors (Lipinski definition) is 5. The third-order valence-electron chi connectivity index (χ3n) is 5.02. The Bertz CT molecular complexity index is 937. The molecule has 4 N–H and O–H groups in total. The van der Waals surface area contributed by atoms with Crippen LogP contribution in [0.15, 0.2) is 47.4 Å². The van der Waals surface area contributed by atoms with E-state index < -0.39 is 0 Å². The number of allylic oxidation sites excluding steroid dienone is 2. The van der Waals surface area contributed by atoms with Crippen LogP contribution >= 0.6 is 0 Å². The smallest absolute Gasteiger partial charge is 0.271 e. The SMILES string of the molecule is CC[C@@H](C)/C=C(\C=N)c1c[nH]c(=O)c(NCCCNCCc2ccc(C#N)cc2)c1. The van der Waals surface area contributed by atoms with Crippen LogP contribution in [0.25, 0.3) is 5.57 Å². The maximum Gasteiger partial charge on any atom is 0.271 e. The molecule has 0 saturated heterocycles. The molecule has 0 bridgehead atoms. The average Bonchev–Trinajstić information content (AvgIpc) is 2.78. The van der Waals surface area contributed by atoms with Gasteiger partial charge in [-0.05, 0) is 61.2 Å². The molecule has 2 rings (SSSR count). The molecule has 0 unspecified atom stereocenters. The fourth-order valence-corrected chi connectivity index (χ4v) is 2.97. The second kappa shape index (κ2) is 12.4. The van der Waals surface area contributed by atoms with Crippen molar-refractivity contribution in [2.45, 2.75) is 33.1 Å². The van der Waals surface area contributed by atoms with Gasteiger partial charge in [0.2, 0.25) is 0 Å². The van der Waals surface area contributed by atoms with Crippen LogP contribution < -0.4 is 16.2 Å². The normalized spacial score (nSPS) is 12.2. The summed E-state index contributed by atoms with van der Waals surface area (Å²) in [4.78, 5) is 14.9. The predicted molar refractivity (Wildman–Crippen MR) is 124 cm³/mol. The van der Waals surface area contributed by atoms with E-state index in [0.717, 1.165) is 43.5 Å². The zero-order chi connectivity index (χ0) is 21.8. The summed E-state index contributed by atoms with van der Waals surface area (Å²) in [5.41, 5.74) is 3.92. The number of aromatic nitrogens is 1. The third-order valence-corrected chi connectivity index (χ3v) is 5.02. The highest BCUT2D eigenvalue weighted by atomic mass is 16.1. The van der Waals surface area contributed by atoms with Crippen molar-refractivity contribution in [1.82, 2.24) is 10.3 Å². The van der Waals surface area contributed by atoms with Gasteiger partial charge < -0.3 is 21.0 Å². The number of rotatable bonds is 12. The van der Waals surface area contributed by atoms with Crippen molar-refractivity contribution in [1.29, 1.82) is 10.7 Å². The van der Waals surface area contributed by atoms with E-state index >= 15 is 0 Å². The Morgan fingerprint density at radius 3 is 2.70 bits per heavy atom. The molecule has 1 atom stereocenters. The predicted octanol–water partition coefficient (Wildman–Crippen LogP) is 3.96. The maximum absolute atomic E-state index is 12.1. The van der Waals surface area contributed by atoms with E-state index in [1.54, 1.807) is 6.20 Å². The first-order valence-electron chi connectivity index (χ1n) is 10.5. The Balaban J connectivity index is 1.77. The van der Waals surface area contributed by atoms with E-state index in [1.165, 1.54) is 11.8 Å². The molecule has 0 radical (unpaired) electrons. The Kier molecular flexibility index (Phi) is 9.56. The lowest BCUT2D eigenvalue weighted by molar-refractivity contribution is 0.660. The zero-order valence-electron chi connectivity index (χ0n) is 17.8. The van der Waals surface area contributed by atoms with Gasteiger partial charge in [0, 0.05) is 24.5 Å². The molecule has 158 valence electrons.